The lowest BCUT2D eigenvalue weighted by atomic mass is 9.93. The number of aryl methyl sites for hydroxylation is 1. The third-order valence-corrected chi connectivity index (χ3v) is 3.72. The first kappa shape index (κ1) is 11.6. The van der Waals surface area contributed by atoms with Crippen molar-refractivity contribution in [2.45, 2.75) is 39.2 Å². The van der Waals surface area contributed by atoms with Gasteiger partial charge in [0.05, 0.1) is 6.10 Å². The summed E-state index contributed by atoms with van der Waals surface area (Å²) in [7, 11) is 0. The van der Waals surface area contributed by atoms with Gasteiger partial charge in [-0.3, -0.25) is 0 Å². The third-order valence-electron chi connectivity index (χ3n) is 3.72. The predicted octanol–water partition coefficient (Wildman–Crippen LogP) is 3.60. The molecule has 3 unspecified atom stereocenters. The second-order valence-electron chi connectivity index (χ2n) is 5.13. The van der Waals surface area contributed by atoms with Crippen LogP contribution in [-0.4, -0.2) is 5.11 Å². The molecular formula is C14H19FO. The maximum Gasteiger partial charge on any atom is 0.126 e. The zero-order chi connectivity index (χ0) is 11.7. The topological polar surface area (TPSA) is 20.2 Å². The van der Waals surface area contributed by atoms with E-state index in [1.165, 1.54) is 12.5 Å². The normalized spacial score (nSPS) is 27.0. The van der Waals surface area contributed by atoms with Crippen LogP contribution in [0.3, 0.4) is 0 Å². The summed E-state index contributed by atoms with van der Waals surface area (Å²) < 4.78 is 13.4. The number of aliphatic hydroxyl groups is 1. The first-order valence-corrected chi connectivity index (χ1v) is 6.02. The van der Waals surface area contributed by atoms with Crippen LogP contribution in [0.4, 0.5) is 4.39 Å². The molecule has 1 aromatic rings. The van der Waals surface area contributed by atoms with E-state index >= 15 is 0 Å². The Morgan fingerprint density at radius 2 is 2.12 bits per heavy atom. The van der Waals surface area contributed by atoms with Crippen LogP contribution in [0.1, 0.15) is 43.4 Å². The van der Waals surface area contributed by atoms with Crippen LogP contribution >= 0.6 is 0 Å². The van der Waals surface area contributed by atoms with Crippen LogP contribution < -0.4 is 0 Å². The van der Waals surface area contributed by atoms with Gasteiger partial charge in [0.2, 0.25) is 0 Å². The van der Waals surface area contributed by atoms with Crippen molar-refractivity contribution in [1.82, 2.24) is 0 Å². The largest absolute Gasteiger partial charge is 0.388 e. The smallest absolute Gasteiger partial charge is 0.126 e. The molecule has 88 valence electrons. The Hall–Kier alpha value is -0.890. The van der Waals surface area contributed by atoms with Gasteiger partial charge in [-0.2, -0.15) is 0 Å². The molecule has 0 aromatic heterocycles. The second-order valence-corrected chi connectivity index (χ2v) is 5.13. The molecular weight excluding hydrogens is 203 g/mol. The number of hydrogen-bond acceptors (Lipinski definition) is 1. The highest BCUT2D eigenvalue weighted by Gasteiger charge is 2.28. The molecule has 1 N–H and O–H groups in total. The Bertz CT molecular complexity index is 375. The van der Waals surface area contributed by atoms with Crippen LogP contribution in [0.25, 0.3) is 0 Å². The van der Waals surface area contributed by atoms with Gasteiger partial charge in [-0.1, -0.05) is 25.5 Å². The van der Waals surface area contributed by atoms with Gasteiger partial charge in [-0.15, -0.1) is 0 Å². The molecule has 0 radical (unpaired) electrons. The zero-order valence-corrected chi connectivity index (χ0v) is 9.91. The minimum absolute atomic E-state index is 0.220. The Kier molecular flexibility index (Phi) is 3.29. The molecule has 1 aliphatic rings. The minimum Gasteiger partial charge on any atom is -0.388 e. The maximum absolute atomic E-state index is 13.4. The zero-order valence-electron chi connectivity index (χ0n) is 9.91. The SMILES string of the molecule is Cc1ccc(C(O)C2CCC(C)C2)cc1F. The summed E-state index contributed by atoms with van der Waals surface area (Å²) in [6.07, 6.45) is 2.78. The molecule has 1 aromatic carbocycles. The van der Waals surface area contributed by atoms with Gasteiger partial charge in [-0.25, -0.2) is 4.39 Å². The Labute approximate surface area is 96.3 Å². The summed E-state index contributed by atoms with van der Waals surface area (Å²) in [6.45, 7) is 3.95. The van der Waals surface area contributed by atoms with Gasteiger partial charge in [0, 0.05) is 0 Å². The lowest BCUT2D eigenvalue weighted by Crippen LogP contribution is -2.09. The molecule has 2 heteroatoms. The van der Waals surface area contributed by atoms with Gasteiger partial charge >= 0.3 is 0 Å². The van der Waals surface area contributed by atoms with Crippen LogP contribution in [-0.2, 0) is 0 Å². The van der Waals surface area contributed by atoms with Crippen LogP contribution in [0.15, 0.2) is 18.2 Å². The molecule has 16 heavy (non-hydrogen) atoms. The fourth-order valence-electron chi connectivity index (χ4n) is 2.60. The summed E-state index contributed by atoms with van der Waals surface area (Å²) in [5.41, 5.74) is 1.36. The Morgan fingerprint density at radius 1 is 1.38 bits per heavy atom. The molecule has 2 rings (SSSR count). The van der Waals surface area contributed by atoms with Gasteiger partial charge < -0.3 is 5.11 Å². The number of halogens is 1. The second kappa shape index (κ2) is 4.54. The van der Waals surface area contributed by atoms with E-state index in [0.29, 0.717) is 17.4 Å². The fraction of sp³-hybridized carbons (Fsp3) is 0.571. The van der Waals surface area contributed by atoms with Gasteiger partial charge in [0.15, 0.2) is 0 Å². The van der Waals surface area contributed by atoms with E-state index in [1.807, 2.05) is 6.07 Å². The van der Waals surface area contributed by atoms with Gasteiger partial charge in [0.1, 0.15) is 5.82 Å². The number of rotatable bonds is 2. The number of benzene rings is 1. The van der Waals surface area contributed by atoms with Crippen molar-refractivity contribution in [2.75, 3.05) is 0 Å². The van der Waals surface area contributed by atoms with E-state index in [4.69, 9.17) is 0 Å². The summed E-state index contributed by atoms with van der Waals surface area (Å²) in [5.74, 6) is 0.773. The molecule has 1 aliphatic carbocycles. The van der Waals surface area contributed by atoms with Crippen molar-refractivity contribution >= 4 is 0 Å². The van der Waals surface area contributed by atoms with Crippen LogP contribution in [0, 0.1) is 24.6 Å². The van der Waals surface area contributed by atoms with E-state index in [0.717, 1.165) is 18.4 Å². The minimum atomic E-state index is -0.500. The van der Waals surface area contributed by atoms with E-state index < -0.39 is 6.10 Å². The summed E-state index contributed by atoms with van der Waals surface area (Å²) in [5, 5.41) is 10.2. The van der Waals surface area contributed by atoms with Crippen LogP contribution in [0.5, 0.6) is 0 Å². The third kappa shape index (κ3) is 2.27. The fourth-order valence-corrected chi connectivity index (χ4v) is 2.60. The van der Waals surface area contributed by atoms with Gasteiger partial charge in [0.25, 0.3) is 0 Å². The number of hydrogen-bond donors (Lipinski definition) is 1. The van der Waals surface area contributed by atoms with Crippen molar-refractivity contribution in [3.8, 4) is 0 Å². The average molecular weight is 222 g/mol. The van der Waals surface area contributed by atoms with Crippen LogP contribution in [0.2, 0.25) is 0 Å². The highest BCUT2D eigenvalue weighted by atomic mass is 19.1. The van der Waals surface area contributed by atoms with Crippen molar-refractivity contribution in [1.29, 1.82) is 0 Å². The quantitative estimate of drug-likeness (QED) is 0.810. The molecule has 3 atom stereocenters. The molecule has 0 saturated heterocycles. The summed E-state index contributed by atoms with van der Waals surface area (Å²) in [6, 6.07) is 5.06. The summed E-state index contributed by atoms with van der Waals surface area (Å²) >= 11 is 0. The first-order valence-electron chi connectivity index (χ1n) is 6.02. The predicted molar refractivity (Wildman–Crippen MR) is 62.6 cm³/mol. The lowest BCUT2D eigenvalue weighted by Gasteiger charge is -2.18. The van der Waals surface area contributed by atoms with E-state index in [1.54, 1.807) is 13.0 Å². The Morgan fingerprint density at radius 3 is 2.69 bits per heavy atom. The lowest BCUT2D eigenvalue weighted by molar-refractivity contribution is 0.109. The average Bonchev–Trinajstić information content (AvgIpc) is 2.68. The van der Waals surface area contributed by atoms with E-state index in [2.05, 4.69) is 6.92 Å². The molecule has 0 heterocycles. The molecule has 0 spiro atoms. The highest BCUT2D eigenvalue weighted by molar-refractivity contribution is 5.25. The molecule has 1 fully saturated rings. The van der Waals surface area contributed by atoms with E-state index in [9.17, 15) is 9.50 Å². The number of aliphatic hydroxyl groups excluding tert-OH is 1. The molecule has 0 bridgehead atoms. The van der Waals surface area contributed by atoms with Crippen molar-refractivity contribution in [3.63, 3.8) is 0 Å². The van der Waals surface area contributed by atoms with Crippen molar-refractivity contribution < 1.29 is 9.50 Å². The molecule has 0 amide bonds. The van der Waals surface area contributed by atoms with Crippen molar-refractivity contribution in [2.24, 2.45) is 11.8 Å². The molecule has 1 saturated carbocycles. The van der Waals surface area contributed by atoms with E-state index in [-0.39, 0.29) is 5.82 Å². The van der Waals surface area contributed by atoms with Crippen molar-refractivity contribution in [3.05, 3.63) is 35.1 Å². The Balaban J connectivity index is 2.14. The monoisotopic (exact) mass is 222 g/mol. The highest BCUT2D eigenvalue weighted by Crippen LogP contribution is 2.38. The molecule has 1 nitrogen and oxygen atoms in total. The maximum atomic E-state index is 13.4. The summed E-state index contributed by atoms with van der Waals surface area (Å²) in [4.78, 5) is 0. The molecule has 0 aliphatic heterocycles. The first-order chi connectivity index (χ1) is 7.58. The standard InChI is InChI=1S/C14H19FO/c1-9-3-5-11(7-9)14(16)12-6-4-10(2)13(15)8-12/h4,6,8-9,11,14,16H,3,5,7H2,1-2H3. The van der Waals surface area contributed by atoms with Gasteiger partial charge in [-0.05, 0) is 48.8 Å².